The molecule has 0 bridgehead atoms. The second-order valence-corrected chi connectivity index (χ2v) is 6.64. The number of aromatic hydroxyl groups is 1. The van der Waals surface area contributed by atoms with Crippen molar-refractivity contribution in [3.05, 3.63) is 78.1 Å². The lowest BCUT2D eigenvalue weighted by Gasteiger charge is -2.21. The fourth-order valence-corrected chi connectivity index (χ4v) is 2.98. The second kappa shape index (κ2) is 11.5. The summed E-state index contributed by atoms with van der Waals surface area (Å²) in [6.45, 7) is 4.23. The fraction of sp³-hybridized carbons (Fsp3) is 0.273. The molecule has 0 amide bonds. The largest absolute Gasteiger partial charge is 0.508 e. The molecule has 3 aromatic rings. The van der Waals surface area contributed by atoms with Crippen LogP contribution in [0.25, 0.3) is 5.69 Å². The van der Waals surface area contributed by atoms with E-state index in [0.29, 0.717) is 18.8 Å². The SMILES string of the molecule is CCNC(=NCCc1cccc(O)c1)N(C)Cc1cnn(-c2ccccc2)c1.I. The van der Waals surface area contributed by atoms with Crippen LogP contribution in [0.2, 0.25) is 0 Å². The van der Waals surface area contributed by atoms with Gasteiger partial charge in [0, 0.05) is 38.4 Å². The summed E-state index contributed by atoms with van der Waals surface area (Å²) in [4.78, 5) is 6.82. The number of benzene rings is 2. The zero-order valence-corrected chi connectivity index (χ0v) is 19.2. The molecular formula is C22H28IN5O. The zero-order valence-electron chi connectivity index (χ0n) is 16.8. The molecule has 29 heavy (non-hydrogen) atoms. The molecule has 0 fully saturated rings. The van der Waals surface area contributed by atoms with Crippen molar-refractivity contribution in [3.8, 4) is 11.4 Å². The number of aliphatic imine (C=N–C) groups is 1. The van der Waals surface area contributed by atoms with Gasteiger partial charge in [0.05, 0.1) is 11.9 Å². The van der Waals surface area contributed by atoms with Gasteiger partial charge in [-0.1, -0.05) is 30.3 Å². The van der Waals surface area contributed by atoms with Crippen LogP contribution in [-0.4, -0.2) is 45.9 Å². The van der Waals surface area contributed by atoms with Crippen LogP contribution in [0.4, 0.5) is 0 Å². The summed E-state index contributed by atoms with van der Waals surface area (Å²) in [5.41, 5.74) is 3.24. The molecule has 0 saturated heterocycles. The van der Waals surface area contributed by atoms with Crippen LogP contribution in [0.5, 0.6) is 5.75 Å². The Morgan fingerprint density at radius 1 is 1.14 bits per heavy atom. The number of phenolic OH excluding ortho intramolecular Hbond substituents is 1. The standard InChI is InChI=1S/C22H27N5O.HI/c1-3-23-22(24-13-12-18-8-7-11-21(28)14-18)26(2)16-19-15-25-27(17-19)20-9-5-4-6-10-20;/h4-11,14-15,17,28H,3,12-13,16H2,1-2H3,(H,23,24);1H. The van der Waals surface area contributed by atoms with E-state index in [-0.39, 0.29) is 24.0 Å². The first-order valence-electron chi connectivity index (χ1n) is 9.52. The minimum absolute atomic E-state index is 0. The molecule has 2 aromatic carbocycles. The molecule has 0 radical (unpaired) electrons. The summed E-state index contributed by atoms with van der Waals surface area (Å²) in [5.74, 6) is 1.15. The lowest BCUT2D eigenvalue weighted by Crippen LogP contribution is -2.38. The van der Waals surface area contributed by atoms with Gasteiger partial charge in [0.1, 0.15) is 5.75 Å². The molecule has 7 heteroatoms. The lowest BCUT2D eigenvalue weighted by molar-refractivity contribution is 0.474. The van der Waals surface area contributed by atoms with E-state index in [1.54, 1.807) is 12.1 Å². The number of guanidine groups is 1. The van der Waals surface area contributed by atoms with Crippen LogP contribution in [0.1, 0.15) is 18.1 Å². The number of nitrogens with one attached hydrogen (secondary N) is 1. The van der Waals surface area contributed by atoms with Crippen molar-refractivity contribution in [1.82, 2.24) is 20.0 Å². The predicted molar refractivity (Wildman–Crippen MR) is 128 cm³/mol. The monoisotopic (exact) mass is 505 g/mol. The van der Waals surface area contributed by atoms with E-state index in [2.05, 4.69) is 22.2 Å². The lowest BCUT2D eigenvalue weighted by atomic mass is 10.1. The van der Waals surface area contributed by atoms with Gasteiger partial charge in [-0.05, 0) is 43.2 Å². The summed E-state index contributed by atoms with van der Waals surface area (Å²) < 4.78 is 1.88. The van der Waals surface area contributed by atoms with E-state index in [1.165, 1.54) is 0 Å². The molecule has 2 N–H and O–H groups in total. The maximum Gasteiger partial charge on any atom is 0.193 e. The third kappa shape index (κ3) is 6.77. The molecule has 0 aliphatic heterocycles. The third-order valence-corrected chi connectivity index (χ3v) is 4.35. The zero-order chi connectivity index (χ0) is 19.8. The average molecular weight is 505 g/mol. The molecule has 0 spiro atoms. The quantitative estimate of drug-likeness (QED) is 0.291. The average Bonchev–Trinajstić information content (AvgIpc) is 3.16. The Labute approximate surface area is 189 Å². The maximum atomic E-state index is 9.58. The third-order valence-electron chi connectivity index (χ3n) is 4.35. The summed E-state index contributed by atoms with van der Waals surface area (Å²) in [5, 5.41) is 17.4. The second-order valence-electron chi connectivity index (χ2n) is 6.64. The van der Waals surface area contributed by atoms with E-state index in [4.69, 9.17) is 4.99 Å². The molecule has 0 unspecified atom stereocenters. The van der Waals surface area contributed by atoms with Gasteiger partial charge in [0.25, 0.3) is 0 Å². The Hall–Kier alpha value is -2.55. The van der Waals surface area contributed by atoms with Gasteiger partial charge in [-0.15, -0.1) is 24.0 Å². The molecule has 6 nitrogen and oxygen atoms in total. The van der Waals surface area contributed by atoms with Crippen molar-refractivity contribution in [2.75, 3.05) is 20.1 Å². The summed E-state index contributed by atoms with van der Waals surface area (Å²) in [6.07, 6.45) is 4.71. The Kier molecular flexibility index (Phi) is 8.98. The smallest absolute Gasteiger partial charge is 0.193 e. The first-order valence-corrected chi connectivity index (χ1v) is 9.52. The highest BCUT2D eigenvalue weighted by molar-refractivity contribution is 14.0. The van der Waals surface area contributed by atoms with Crippen molar-refractivity contribution in [2.45, 2.75) is 19.9 Å². The Morgan fingerprint density at radius 2 is 1.93 bits per heavy atom. The van der Waals surface area contributed by atoms with E-state index in [1.807, 2.05) is 66.6 Å². The minimum Gasteiger partial charge on any atom is -0.508 e. The molecule has 1 heterocycles. The summed E-state index contributed by atoms with van der Waals surface area (Å²) in [7, 11) is 2.02. The number of aromatic nitrogens is 2. The number of phenols is 1. The maximum absolute atomic E-state index is 9.58. The molecule has 0 aliphatic carbocycles. The number of rotatable bonds is 7. The van der Waals surface area contributed by atoms with Crippen LogP contribution < -0.4 is 5.32 Å². The number of para-hydroxylation sites is 1. The van der Waals surface area contributed by atoms with Gasteiger partial charge in [0.2, 0.25) is 0 Å². The fourth-order valence-electron chi connectivity index (χ4n) is 2.98. The normalized spacial score (nSPS) is 11.0. The van der Waals surface area contributed by atoms with Crippen LogP contribution in [0.15, 0.2) is 72.0 Å². The van der Waals surface area contributed by atoms with Gasteiger partial charge in [-0.3, -0.25) is 4.99 Å². The minimum atomic E-state index is 0. The van der Waals surface area contributed by atoms with Crippen molar-refractivity contribution < 1.29 is 5.11 Å². The first kappa shape index (κ1) is 22.7. The first-order chi connectivity index (χ1) is 13.7. The van der Waals surface area contributed by atoms with Gasteiger partial charge in [-0.2, -0.15) is 5.10 Å². The van der Waals surface area contributed by atoms with Gasteiger partial charge in [-0.25, -0.2) is 4.68 Å². The van der Waals surface area contributed by atoms with Crippen LogP contribution >= 0.6 is 24.0 Å². The van der Waals surface area contributed by atoms with E-state index < -0.39 is 0 Å². The van der Waals surface area contributed by atoms with E-state index >= 15 is 0 Å². The highest BCUT2D eigenvalue weighted by Gasteiger charge is 2.09. The molecule has 0 aliphatic rings. The predicted octanol–water partition coefficient (Wildman–Crippen LogP) is 3.84. The summed E-state index contributed by atoms with van der Waals surface area (Å²) >= 11 is 0. The molecule has 154 valence electrons. The molecular weight excluding hydrogens is 477 g/mol. The Balaban J connectivity index is 0.00000300. The van der Waals surface area contributed by atoms with Crippen molar-refractivity contribution in [1.29, 1.82) is 0 Å². The van der Waals surface area contributed by atoms with Gasteiger partial charge >= 0.3 is 0 Å². The highest BCUT2D eigenvalue weighted by atomic mass is 127. The number of nitrogens with zero attached hydrogens (tertiary/aromatic N) is 4. The van der Waals surface area contributed by atoms with Crippen molar-refractivity contribution in [2.24, 2.45) is 4.99 Å². The number of halogens is 1. The van der Waals surface area contributed by atoms with Crippen molar-refractivity contribution in [3.63, 3.8) is 0 Å². The van der Waals surface area contributed by atoms with Crippen LogP contribution in [-0.2, 0) is 13.0 Å². The van der Waals surface area contributed by atoms with E-state index in [9.17, 15) is 5.11 Å². The van der Waals surface area contributed by atoms with Crippen LogP contribution in [0, 0.1) is 0 Å². The Bertz CT molecular complexity index is 910. The van der Waals surface area contributed by atoms with Gasteiger partial charge in [0.15, 0.2) is 5.96 Å². The van der Waals surface area contributed by atoms with Gasteiger partial charge < -0.3 is 15.3 Å². The highest BCUT2D eigenvalue weighted by Crippen LogP contribution is 2.12. The topological polar surface area (TPSA) is 65.7 Å². The summed E-state index contributed by atoms with van der Waals surface area (Å²) in [6, 6.07) is 17.4. The van der Waals surface area contributed by atoms with Crippen LogP contribution in [0.3, 0.4) is 0 Å². The van der Waals surface area contributed by atoms with E-state index in [0.717, 1.165) is 35.7 Å². The number of hydrogen-bond donors (Lipinski definition) is 2. The Morgan fingerprint density at radius 3 is 2.66 bits per heavy atom. The molecule has 0 saturated carbocycles. The molecule has 3 rings (SSSR count). The molecule has 0 atom stereocenters. The molecule has 1 aromatic heterocycles. The number of hydrogen-bond acceptors (Lipinski definition) is 3. The van der Waals surface area contributed by atoms with Crippen molar-refractivity contribution >= 4 is 29.9 Å².